The molecule has 0 radical (unpaired) electrons. The van der Waals surface area contributed by atoms with Crippen molar-refractivity contribution in [2.24, 2.45) is 0 Å². The fourth-order valence-corrected chi connectivity index (χ4v) is 4.47. The molecule has 0 aromatic heterocycles. The van der Waals surface area contributed by atoms with Gasteiger partial charge in [-0.25, -0.2) is 13.2 Å². The second kappa shape index (κ2) is 6.92. The molecule has 0 fully saturated rings. The molecule has 0 N–H and O–H groups in total. The van der Waals surface area contributed by atoms with Crippen molar-refractivity contribution in [3.8, 4) is 11.5 Å². The molecule has 0 saturated heterocycles. The monoisotopic (exact) mass is 390 g/mol. The predicted molar refractivity (Wildman–Crippen MR) is 99.1 cm³/mol. The molecule has 27 heavy (non-hydrogen) atoms. The van der Waals surface area contributed by atoms with Gasteiger partial charge in [-0.2, -0.15) is 4.31 Å². The van der Waals surface area contributed by atoms with Crippen LogP contribution in [0.5, 0.6) is 11.5 Å². The van der Waals surface area contributed by atoms with Crippen LogP contribution in [-0.2, 0) is 14.8 Å². The van der Waals surface area contributed by atoms with Crippen LogP contribution >= 0.6 is 0 Å². The number of para-hydroxylation sites is 1. The molecule has 0 saturated carbocycles. The molecule has 3 rings (SSSR count). The van der Waals surface area contributed by atoms with E-state index in [0.717, 1.165) is 4.90 Å². The van der Waals surface area contributed by atoms with Crippen molar-refractivity contribution in [3.63, 3.8) is 0 Å². The van der Waals surface area contributed by atoms with E-state index in [-0.39, 0.29) is 34.3 Å². The zero-order chi connectivity index (χ0) is 19.8. The maximum atomic E-state index is 13.1. The Hall–Kier alpha value is -3.07. The number of urea groups is 1. The number of sulfonamides is 1. The predicted octanol–water partition coefficient (Wildman–Crippen LogP) is 2.43. The van der Waals surface area contributed by atoms with Gasteiger partial charge < -0.3 is 9.47 Å². The van der Waals surface area contributed by atoms with Crippen LogP contribution in [0.25, 0.3) is 0 Å². The van der Waals surface area contributed by atoms with Crippen LogP contribution in [-0.4, -0.2) is 41.0 Å². The molecule has 0 spiro atoms. The van der Waals surface area contributed by atoms with Gasteiger partial charge in [0, 0.05) is 6.07 Å². The highest BCUT2D eigenvalue weighted by atomic mass is 32.2. The molecule has 2 aromatic carbocycles. The molecule has 1 aliphatic heterocycles. The lowest BCUT2D eigenvalue weighted by molar-refractivity contribution is -0.115. The van der Waals surface area contributed by atoms with Crippen molar-refractivity contribution in [2.75, 3.05) is 30.0 Å². The van der Waals surface area contributed by atoms with Gasteiger partial charge in [-0.05, 0) is 31.2 Å². The molecule has 0 unspecified atom stereocenters. The number of carbonyl (C=O) groups excluding carboxylic acids is 2. The lowest BCUT2D eigenvalue weighted by Crippen LogP contribution is -2.52. The summed E-state index contributed by atoms with van der Waals surface area (Å²) in [6.45, 7) is 1.09. The Kier molecular flexibility index (Phi) is 4.79. The first-order valence-electron chi connectivity index (χ1n) is 7.98. The van der Waals surface area contributed by atoms with Crippen molar-refractivity contribution in [2.45, 2.75) is 11.8 Å². The normalized spacial score (nSPS) is 15.3. The van der Waals surface area contributed by atoms with Gasteiger partial charge in [0.15, 0.2) is 11.5 Å². The summed E-state index contributed by atoms with van der Waals surface area (Å²) >= 11 is 0. The number of ketones is 1. The number of benzene rings is 2. The minimum Gasteiger partial charge on any atom is -0.493 e. The van der Waals surface area contributed by atoms with Gasteiger partial charge in [-0.15, -0.1) is 0 Å². The third-order valence-corrected chi connectivity index (χ3v) is 5.81. The van der Waals surface area contributed by atoms with E-state index in [1.807, 2.05) is 0 Å². The Bertz CT molecular complexity index is 1020. The van der Waals surface area contributed by atoms with Gasteiger partial charge in [0.1, 0.15) is 10.7 Å². The summed E-state index contributed by atoms with van der Waals surface area (Å²) in [6.07, 6.45) is 0. The molecular weight excluding hydrogens is 372 g/mol. The molecule has 2 amide bonds. The number of hydrogen-bond acceptors (Lipinski definition) is 6. The Morgan fingerprint density at radius 2 is 1.70 bits per heavy atom. The lowest BCUT2D eigenvalue weighted by atomic mass is 10.2. The van der Waals surface area contributed by atoms with E-state index < -0.39 is 16.1 Å². The first-order valence-corrected chi connectivity index (χ1v) is 9.42. The summed E-state index contributed by atoms with van der Waals surface area (Å²) in [5.41, 5.74) is 0.259. The van der Waals surface area contributed by atoms with Gasteiger partial charge in [0.05, 0.1) is 32.1 Å². The Labute approximate surface area is 157 Å². The van der Waals surface area contributed by atoms with Crippen LogP contribution < -0.4 is 18.7 Å². The number of amides is 2. The Morgan fingerprint density at radius 1 is 1.04 bits per heavy atom. The number of hydrogen-bond donors (Lipinski definition) is 0. The maximum absolute atomic E-state index is 13.1. The van der Waals surface area contributed by atoms with Crippen molar-refractivity contribution < 1.29 is 27.5 Å². The molecule has 8 nitrogen and oxygen atoms in total. The molecule has 2 aromatic rings. The standard InChI is InChI=1S/C18H18N2O6S/c1-12(21)11-19-14-6-4-5-7-17(14)27(23,24)20(18(19)22)13-8-9-15(25-2)16(10-13)26-3/h4-10H,11H2,1-3H3. The SMILES string of the molecule is COc1ccc(N2C(=O)N(CC(C)=O)c3ccccc3S2(=O)=O)cc1OC. The molecule has 9 heteroatoms. The average Bonchev–Trinajstić information content (AvgIpc) is 2.64. The van der Waals surface area contributed by atoms with E-state index >= 15 is 0 Å². The second-order valence-electron chi connectivity index (χ2n) is 5.85. The zero-order valence-corrected chi connectivity index (χ0v) is 15.8. The van der Waals surface area contributed by atoms with Crippen molar-refractivity contribution in [3.05, 3.63) is 42.5 Å². The molecular formula is C18H18N2O6S. The average molecular weight is 390 g/mol. The lowest BCUT2D eigenvalue weighted by Gasteiger charge is -2.35. The zero-order valence-electron chi connectivity index (χ0n) is 15.0. The summed E-state index contributed by atoms with van der Waals surface area (Å²) in [5, 5.41) is 0. The largest absolute Gasteiger partial charge is 0.493 e. The van der Waals surface area contributed by atoms with Crippen LogP contribution in [0, 0.1) is 0 Å². The third-order valence-electron chi connectivity index (χ3n) is 4.06. The number of carbonyl (C=O) groups is 2. The summed E-state index contributed by atoms with van der Waals surface area (Å²) < 4.78 is 37.3. The molecule has 1 heterocycles. The molecule has 142 valence electrons. The topological polar surface area (TPSA) is 93.2 Å². The highest BCUT2D eigenvalue weighted by Crippen LogP contribution is 2.39. The van der Waals surface area contributed by atoms with Gasteiger partial charge in [-0.1, -0.05) is 12.1 Å². The Morgan fingerprint density at radius 3 is 2.33 bits per heavy atom. The highest BCUT2D eigenvalue weighted by Gasteiger charge is 2.42. The van der Waals surface area contributed by atoms with E-state index in [0.29, 0.717) is 10.1 Å². The van der Waals surface area contributed by atoms with Crippen LogP contribution in [0.4, 0.5) is 16.2 Å². The van der Waals surface area contributed by atoms with Crippen LogP contribution in [0.2, 0.25) is 0 Å². The number of rotatable bonds is 5. The summed E-state index contributed by atoms with van der Waals surface area (Å²) in [4.78, 5) is 25.8. The first-order chi connectivity index (χ1) is 12.8. The first kappa shape index (κ1) is 18.7. The minimum absolute atomic E-state index is 0.0550. The van der Waals surface area contributed by atoms with Crippen molar-refractivity contribution >= 4 is 33.2 Å². The quantitative estimate of drug-likeness (QED) is 0.778. The van der Waals surface area contributed by atoms with Crippen LogP contribution in [0.15, 0.2) is 47.4 Å². The summed E-state index contributed by atoms with van der Waals surface area (Å²) in [7, 11) is -1.31. The number of nitrogens with zero attached hydrogens (tertiary/aromatic N) is 2. The highest BCUT2D eigenvalue weighted by molar-refractivity contribution is 7.94. The number of fused-ring (bicyclic) bond motifs is 1. The van der Waals surface area contributed by atoms with E-state index in [9.17, 15) is 18.0 Å². The minimum atomic E-state index is -4.16. The smallest absolute Gasteiger partial charge is 0.343 e. The maximum Gasteiger partial charge on any atom is 0.343 e. The van der Waals surface area contributed by atoms with Crippen LogP contribution in [0.3, 0.4) is 0 Å². The fourth-order valence-electron chi connectivity index (χ4n) is 2.89. The van der Waals surface area contributed by atoms with E-state index in [1.165, 1.54) is 51.5 Å². The van der Waals surface area contributed by atoms with Crippen LogP contribution in [0.1, 0.15) is 6.92 Å². The van der Waals surface area contributed by atoms with Gasteiger partial charge in [0.2, 0.25) is 0 Å². The van der Waals surface area contributed by atoms with Crippen molar-refractivity contribution in [1.29, 1.82) is 0 Å². The van der Waals surface area contributed by atoms with Gasteiger partial charge in [-0.3, -0.25) is 9.69 Å². The molecule has 1 aliphatic rings. The molecule has 0 atom stereocenters. The molecule has 0 aliphatic carbocycles. The van der Waals surface area contributed by atoms with Gasteiger partial charge >= 0.3 is 6.03 Å². The Balaban J connectivity index is 2.21. The number of Topliss-reactive ketones (excluding diaryl/α,β-unsaturated/α-hetero) is 1. The number of methoxy groups -OCH3 is 2. The second-order valence-corrected chi connectivity index (χ2v) is 7.60. The van der Waals surface area contributed by atoms with E-state index in [4.69, 9.17) is 9.47 Å². The van der Waals surface area contributed by atoms with Crippen molar-refractivity contribution in [1.82, 2.24) is 0 Å². The fraction of sp³-hybridized carbons (Fsp3) is 0.222. The summed E-state index contributed by atoms with van der Waals surface area (Å²) in [5.74, 6) is 0.392. The number of ether oxygens (including phenoxy) is 2. The summed E-state index contributed by atoms with van der Waals surface area (Å²) in [6, 6.07) is 9.58. The third kappa shape index (κ3) is 3.10. The van der Waals surface area contributed by atoms with Gasteiger partial charge in [0.25, 0.3) is 10.0 Å². The number of anilines is 2. The molecule has 0 bridgehead atoms. The van der Waals surface area contributed by atoms with E-state index in [2.05, 4.69) is 0 Å². The van der Waals surface area contributed by atoms with E-state index in [1.54, 1.807) is 12.1 Å².